The summed E-state index contributed by atoms with van der Waals surface area (Å²) in [6, 6.07) is 9.23. The van der Waals surface area contributed by atoms with Crippen LogP contribution in [0.25, 0.3) is 0 Å². The molecule has 3 amide bonds. The van der Waals surface area contributed by atoms with Crippen LogP contribution in [-0.2, 0) is 0 Å². The molecule has 120 valence electrons. The van der Waals surface area contributed by atoms with Crippen LogP contribution < -0.4 is 21.1 Å². The van der Waals surface area contributed by atoms with Crippen molar-refractivity contribution < 1.29 is 14.3 Å². The number of nitrogens with two attached hydrogens (primary N) is 1. The van der Waals surface area contributed by atoms with Gasteiger partial charge in [-0.1, -0.05) is 11.6 Å². The summed E-state index contributed by atoms with van der Waals surface area (Å²) in [4.78, 5) is 23.6. The second-order valence-corrected chi connectivity index (χ2v) is 5.31. The number of hydrogen-bond donors (Lipinski definition) is 3. The number of nitrogens with one attached hydrogen (secondary N) is 2. The molecule has 2 aromatic rings. The number of anilines is 2. The Morgan fingerprint density at radius 1 is 1.13 bits per heavy atom. The quantitative estimate of drug-likeness (QED) is 0.800. The maximum Gasteiger partial charge on any atom is 0.323 e. The fourth-order valence-electron chi connectivity index (χ4n) is 2.06. The number of halogens is 1. The molecule has 0 aliphatic heterocycles. The molecule has 0 bridgehead atoms. The highest BCUT2D eigenvalue weighted by Gasteiger charge is 2.12. The standard InChI is InChI=1S/C16H16ClN3O3/c1-9-5-10(17)7-11(6-9)19-16(22)20-14-8-12(23-2)3-4-13(14)15(18)21/h3-8H,1-2H3,(H2,18,21)(H2,19,20,22). The molecule has 0 atom stereocenters. The van der Waals surface area contributed by atoms with Crippen molar-refractivity contribution >= 4 is 34.9 Å². The van der Waals surface area contributed by atoms with Crippen LogP contribution in [0, 0.1) is 6.92 Å². The molecule has 23 heavy (non-hydrogen) atoms. The van der Waals surface area contributed by atoms with Gasteiger partial charge in [-0.15, -0.1) is 0 Å². The zero-order valence-corrected chi connectivity index (χ0v) is 13.4. The molecule has 0 aromatic heterocycles. The molecule has 0 aliphatic rings. The van der Waals surface area contributed by atoms with Crippen LogP contribution >= 0.6 is 11.6 Å². The molecule has 0 heterocycles. The predicted octanol–water partition coefficient (Wildman–Crippen LogP) is 3.40. The van der Waals surface area contributed by atoms with Crippen molar-refractivity contribution in [2.45, 2.75) is 6.92 Å². The Morgan fingerprint density at radius 3 is 2.48 bits per heavy atom. The van der Waals surface area contributed by atoms with E-state index < -0.39 is 11.9 Å². The van der Waals surface area contributed by atoms with Crippen LogP contribution in [0.5, 0.6) is 5.75 Å². The van der Waals surface area contributed by atoms with Gasteiger partial charge in [0, 0.05) is 16.8 Å². The summed E-state index contributed by atoms with van der Waals surface area (Å²) in [5, 5.41) is 5.74. The molecule has 2 rings (SSSR count). The zero-order valence-electron chi connectivity index (χ0n) is 12.6. The smallest absolute Gasteiger partial charge is 0.323 e. The first-order valence-corrected chi connectivity index (χ1v) is 7.10. The van der Waals surface area contributed by atoms with Crippen molar-refractivity contribution in [1.82, 2.24) is 0 Å². The number of carbonyl (C=O) groups excluding carboxylic acids is 2. The number of hydrogen-bond acceptors (Lipinski definition) is 3. The average Bonchev–Trinajstić information content (AvgIpc) is 2.45. The van der Waals surface area contributed by atoms with Gasteiger partial charge in [-0.05, 0) is 42.8 Å². The third kappa shape index (κ3) is 4.37. The molecule has 0 fully saturated rings. The van der Waals surface area contributed by atoms with E-state index in [0.29, 0.717) is 16.5 Å². The van der Waals surface area contributed by atoms with E-state index in [9.17, 15) is 9.59 Å². The third-order valence-corrected chi connectivity index (χ3v) is 3.26. The largest absolute Gasteiger partial charge is 0.497 e. The van der Waals surface area contributed by atoms with Crippen molar-refractivity contribution in [3.8, 4) is 5.75 Å². The van der Waals surface area contributed by atoms with Crippen molar-refractivity contribution in [2.24, 2.45) is 5.73 Å². The summed E-state index contributed by atoms with van der Waals surface area (Å²) < 4.78 is 5.08. The molecule has 4 N–H and O–H groups in total. The Morgan fingerprint density at radius 2 is 1.87 bits per heavy atom. The van der Waals surface area contributed by atoms with Gasteiger partial charge in [0.1, 0.15) is 5.75 Å². The number of rotatable bonds is 4. The summed E-state index contributed by atoms with van der Waals surface area (Å²) >= 11 is 5.95. The van der Waals surface area contributed by atoms with Gasteiger partial charge in [0.2, 0.25) is 0 Å². The Balaban J connectivity index is 2.20. The van der Waals surface area contributed by atoms with E-state index in [-0.39, 0.29) is 11.3 Å². The van der Waals surface area contributed by atoms with E-state index in [1.807, 2.05) is 6.92 Å². The van der Waals surface area contributed by atoms with Crippen LogP contribution in [0.15, 0.2) is 36.4 Å². The summed E-state index contributed by atoms with van der Waals surface area (Å²) in [6.45, 7) is 1.86. The van der Waals surface area contributed by atoms with E-state index in [1.54, 1.807) is 24.3 Å². The number of carbonyl (C=O) groups is 2. The van der Waals surface area contributed by atoms with Gasteiger partial charge in [-0.3, -0.25) is 4.79 Å². The first kappa shape index (κ1) is 16.6. The summed E-state index contributed by atoms with van der Waals surface area (Å²) in [7, 11) is 1.48. The molecule has 2 aromatic carbocycles. The van der Waals surface area contributed by atoms with E-state index >= 15 is 0 Å². The molecule has 6 nitrogen and oxygen atoms in total. The number of ether oxygens (including phenoxy) is 1. The molecular weight excluding hydrogens is 318 g/mol. The number of amides is 3. The number of benzene rings is 2. The van der Waals surface area contributed by atoms with Crippen LogP contribution in [0.1, 0.15) is 15.9 Å². The Hall–Kier alpha value is -2.73. The Labute approximate surface area is 138 Å². The highest BCUT2D eigenvalue weighted by atomic mass is 35.5. The lowest BCUT2D eigenvalue weighted by molar-refractivity contribution is 0.100. The zero-order chi connectivity index (χ0) is 17.0. The minimum absolute atomic E-state index is 0.184. The van der Waals surface area contributed by atoms with Crippen LogP contribution in [-0.4, -0.2) is 19.0 Å². The fourth-order valence-corrected chi connectivity index (χ4v) is 2.35. The molecule has 0 saturated carbocycles. The predicted molar refractivity (Wildman–Crippen MR) is 90.3 cm³/mol. The first-order valence-electron chi connectivity index (χ1n) is 6.72. The lowest BCUT2D eigenvalue weighted by atomic mass is 10.1. The topological polar surface area (TPSA) is 93.4 Å². The second-order valence-electron chi connectivity index (χ2n) is 4.87. The minimum atomic E-state index is -0.651. The van der Waals surface area contributed by atoms with E-state index in [0.717, 1.165) is 5.56 Å². The summed E-state index contributed by atoms with van der Waals surface area (Å²) in [5.74, 6) is -0.162. The van der Waals surface area contributed by atoms with Crippen LogP contribution in [0.3, 0.4) is 0 Å². The van der Waals surface area contributed by atoms with Crippen LogP contribution in [0.4, 0.5) is 16.2 Å². The van der Waals surface area contributed by atoms with Gasteiger partial charge >= 0.3 is 6.03 Å². The molecule has 0 unspecified atom stereocenters. The highest BCUT2D eigenvalue weighted by Crippen LogP contribution is 2.23. The lowest BCUT2D eigenvalue weighted by Gasteiger charge is -2.12. The normalized spacial score (nSPS) is 10.0. The van der Waals surface area contributed by atoms with Gasteiger partial charge < -0.3 is 21.1 Å². The Bertz CT molecular complexity index is 742. The number of primary amides is 1. The number of aryl methyl sites for hydroxylation is 1. The van der Waals surface area contributed by atoms with Gasteiger partial charge in [-0.2, -0.15) is 0 Å². The second kappa shape index (κ2) is 7.02. The number of methoxy groups -OCH3 is 1. The molecule has 0 saturated heterocycles. The van der Waals surface area contributed by atoms with Crippen molar-refractivity contribution in [1.29, 1.82) is 0 Å². The van der Waals surface area contributed by atoms with E-state index in [2.05, 4.69) is 10.6 Å². The number of urea groups is 1. The van der Waals surface area contributed by atoms with Gasteiger partial charge in [0.05, 0.1) is 18.4 Å². The van der Waals surface area contributed by atoms with E-state index in [1.165, 1.54) is 19.2 Å². The molecular formula is C16H16ClN3O3. The third-order valence-electron chi connectivity index (χ3n) is 3.04. The molecule has 0 aliphatic carbocycles. The maximum atomic E-state index is 12.1. The van der Waals surface area contributed by atoms with Crippen LogP contribution in [0.2, 0.25) is 5.02 Å². The lowest BCUT2D eigenvalue weighted by Crippen LogP contribution is -2.22. The van der Waals surface area contributed by atoms with Crippen molar-refractivity contribution in [3.05, 3.63) is 52.5 Å². The molecule has 0 radical (unpaired) electrons. The van der Waals surface area contributed by atoms with Gasteiger partial charge in [0.15, 0.2) is 0 Å². The Kier molecular flexibility index (Phi) is 5.08. The SMILES string of the molecule is COc1ccc(C(N)=O)c(NC(=O)Nc2cc(C)cc(Cl)c2)c1. The average molecular weight is 334 g/mol. The maximum absolute atomic E-state index is 12.1. The summed E-state index contributed by atoms with van der Waals surface area (Å²) in [5.41, 5.74) is 7.19. The fraction of sp³-hybridized carbons (Fsp3) is 0.125. The van der Waals surface area contributed by atoms with Crippen molar-refractivity contribution in [2.75, 3.05) is 17.7 Å². The van der Waals surface area contributed by atoms with Gasteiger partial charge in [-0.25, -0.2) is 4.79 Å². The summed E-state index contributed by atoms with van der Waals surface area (Å²) in [6.07, 6.45) is 0. The first-order chi connectivity index (χ1) is 10.9. The monoisotopic (exact) mass is 333 g/mol. The van der Waals surface area contributed by atoms with Crippen molar-refractivity contribution in [3.63, 3.8) is 0 Å². The molecule has 7 heteroatoms. The van der Waals surface area contributed by atoms with E-state index in [4.69, 9.17) is 22.1 Å². The minimum Gasteiger partial charge on any atom is -0.497 e. The van der Waals surface area contributed by atoms with Gasteiger partial charge in [0.25, 0.3) is 5.91 Å². The molecule has 0 spiro atoms. The highest BCUT2D eigenvalue weighted by molar-refractivity contribution is 6.31.